The van der Waals surface area contributed by atoms with E-state index in [0.29, 0.717) is 19.3 Å². The molecule has 0 spiro atoms. The van der Waals surface area contributed by atoms with Crippen LogP contribution < -0.4 is 0 Å². The van der Waals surface area contributed by atoms with E-state index in [1.54, 1.807) is 0 Å². The second kappa shape index (κ2) is 70.3. The zero-order valence-corrected chi connectivity index (χ0v) is 54.8. The normalized spacial score (nSPS) is 12.5. The van der Waals surface area contributed by atoms with Gasteiger partial charge in [0.15, 0.2) is 6.10 Å². The third-order valence-corrected chi connectivity index (χ3v) is 16.0. The van der Waals surface area contributed by atoms with E-state index < -0.39 is 6.10 Å². The molecule has 0 radical (unpaired) electrons. The molecule has 82 heavy (non-hydrogen) atoms. The first-order valence-electron chi connectivity index (χ1n) is 35.9. The first-order chi connectivity index (χ1) is 40.5. The van der Waals surface area contributed by atoms with Gasteiger partial charge in [-0.1, -0.05) is 357 Å². The second-order valence-electron chi connectivity index (χ2n) is 24.1. The van der Waals surface area contributed by atoms with Gasteiger partial charge in [0, 0.05) is 19.3 Å². The lowest BCUT2D eigenvalue weighted by molar-refractivity contribution is -0.167. The van der Waals surface area contributed by atoms with Crippen molar-refractivity contribution < 1.29 is 28.6 Å². The summed E-state index contributed by atoms with van der Waals surface area (Å²) in [7, 11) is 0. The number of hydrogen-bond donors (Lipinski definition) is 0. The van der Waals surface area contributed by atoms with Crippen molar-refractivity contribution in [3.05, 3.63) is 72.9 Å². The van der Waals surface area contributed by atoms with Gasteiger partial charge in [0.2, 0.25) is 0 Å². The number of hydrogen-bond acceptors (Lipinski definition) is 6. The lowest BCUT2D eigenvalue weighted by atomic mass is 10.0. The number of unbranched alkanes of at least 4 members (excludes halogenated alkanes) is 43. The molecule has 0 bridgehead atoms. The Morgan fingerprint density at radius 3 is 0.744 bits per heavy atom. The van der Waals surface area contributed by atoms with Crippen LogP contribution in [-0.2, 0) is 28.6 Å². The maximum atomic E-state index is 12.9. The van der Waals surface area contributed by atoms with Gasteiger partial charge in [0.1, 0.15) is 13.2 Å². The fourth-order valence-electron chi connectivity index (χ4n) is 10.6. The molecule has 0 amide bonds. The van der Waals surface area contributed by atoms with Crippen LogP contribution in [0.3, 0.4) is 0 Å². The van der Waals surface area contributed by atoms with Crippen LogP contribution in [0.1, 0.15) is 374 Å². The fourth-order valence-corrected chi connectivity index (χ4v) is 10.6. The molecular weight excluding hydrogens is 1010 g/mol. The topological polar surface area (TPSA) is 78.9 Å². The van der Waals surface area contributed by atoms with Gasteiger partial charge in [0.25, 0.3) is 0 Å². The quantitative estimate of drug-likeness (QED) is 0.0261. The van der Waals surface area contributed by atoms with Gasteiger partial charge in [0.05, 0.1) is 0 Å². The van der Waals surface area contributed by atoms with Crippen molar-refractivity contribution in [1.29, 1.82) is 0 Å². The molecule has 476 valence electrons. The molecule has 0 saturated heterocycles. The van der Waals surface area contributed by atoms with Crippen LogP contribution in [0.4, 0.5) is 0 Å². The molecule has 1 atom stereocenters. The van der Waals surface area contributed by atoms with Crippen molar-refractivity contribution in [3.63, 3.8) is 0 Å². The zero-order valence-electron chi connectivity index (χ0n) is 54.8. The Kier molecular flexibility index (Phi) is 67.6. The molecule has 0 N–H and O–H groups in total. The highest BCUT2D eigenvalue weighted by atomic mass is 16.6. The SMILES string of the molecule is CC/C=C\C/C=C\C/C=C\C/C=C\C/C=C\C/C=C\CCCCCCC(=O)OC(COC(=O)CCCCCCCCCCCCCC)COC(=O)CCCCCCCCCCCCCCCCCCCCCCCCCCCCCCC. The largest absolute Gasteiger partial charge is 0.462 e. The number of ether oxygens (including phenoxy) is 3. The summed E-state index contributed by atoms with van der Waals surface area (Å²) in [6, 6.07) is 0. The minimum Gasteiger partial charge on any atom is -0.462 e. The van der Waals surface area contributed by atoms with Crippen LogP contribution in [0.25, 0.3) is 0 Å². The van der Waals surface area contributed by atoms with Gasteiger partial charge < -0.3 is 14.2 Å². The molecule has 6 heteroatoms. The van der Waals surface area contributed by atoms with E-state index in [1.165, 1.54) is 225 Å². The summed E-state index contributed by atoms with van der Waals surface area (Å²) in [5.41, 5.74) is 0. The lowest BCUT2D eigenvalue weighted by Gasteiger charge is -2.18. The molecule has 0 aliphatic carbocycles. The van der Waals surface area contributed by atoms with E-state index >= 15 is 0 Å². The summed E-state index contributed by atoms with van der Waals surface area (Å²) in [6.07, 6.45) is 92.3. The second-order valence-corrected chi connectivity index (χ2v) is 24.1. The predicted octanol–water partition coefficient (Wildman–Crippen LogP) is 24.8. The van der Waals surface area contributed by atoms with E-state index in [9.17, 15) is 14.4 Å². The van der Waals surface area contributed by atoms with Crippen molar-refractivity contribution in [2.24, 2.45) is 0 Å². The Morgan fingerprint density at radius 1 is 0.256 bits per heavy atom. The molecule has 0 fully saturated rings. The van der Waals surface area contributed by atoms with E-state index in [-0.39, 0.29) is 31.1 Å². The Morgan fingerprint density at radius 2 is 0.476 bits per heavy atom. The molecular formula is C76H136O6. The summed E-state index contributed by atoms with van der Waals surface area (Å²) >= 11 is 0. The molecule has 0 aromatic carbocycles. The van der Waals surface area contributed by atoms with Crippen LogP contribution in [0.15, 0.2) is 72.9 Å². The average molecular weight is 1150 g/mol. The first-order valence-corrected chi connectivity index (χ1v) is 35.9. The van der Waals surface area contributed by atoms with Crippen molar-refractivity contribution in [2.45, 2.75) is 380 Å². The highest BCUT2D eigenvalue weighted by Crippen LogP contribution is 2.18. The van der Waals surface area contributed by atoms with E-state index in [0.717, 1.165) is 109 Å². The number of esters is 3. The molecule has 0 aliphatic heterocycles. The van der Waals surface area contributed by atoms with Gasteiger partial charge >= 0.3 is 17.9 Å². The van der Waals surface area contributed by atoms with Crippen molar-refractivity contribution >= 4 is 17.9 Å². The highest BCUT2D eigenvalue weighted by Gasteiger charge is 2.19. The maximum Gasteiger partial charge on any atom is 0.306 e. The molecule has 0 aromatic heterocycles. The minimum absolute atomic E-state index is 0.0814. The summed E-state index contributed by atoms with van der Waals surface area (Å²) < 4.78 is 17.0. The number of carbonyl (C=O) groups excluding carboxylic acids is 3. The Hall–Kier alpha value is -3.15. The maximum absolute atomic E-state index is 12.9. The Labute approximate surface area is 510 Å². The lowest BCUT2D eigenvalue weighted by Crippen LogP contribution is -2.30. The minimum atomic E-state index is -0.788. The Balaban J connectivity index is 4.23. The standard InChI is InChI=1S/C76H136O6/c1-4-7-10-13-16-19-22-25-27-29-31-33-35-36-37-38-39-40-42-43-45-47-49-51-54-57-60-63-66-69-75(78)81-72-73(71-80-74(77)68-65-62-59-56-53-24-21-18-15-12-9-6-3)82-76(79)70-67-64-61-58-55-52-50-48-46-44-41-34-32-30-28-26-23-20-17-14-11-8-5-2/h8,11,17,20,26,28,32,34,44,46,50,52,73H,4-7,9-10,12-16,18-19,21-25,27,29-31,33,35-43,45,47-49,51,53-72H2,1-3H3/b11-8-,20-17-,28-26-,34-32-,46-44-,52-50-. The molecule has 0 saturated carbocycles. The van der Waals surface area contributed by atoms with Gasteiger partial charge in [-0.3, -0.25) is 14.4 Å². The van der Waals surface area contributed by atoms with Crippen molar-refractivity contribution in [2.75, 3.05) is 13.2 Å². The van der Waals surface area contributed by atoms with Crippen LogP contribution in [0, 0.1) is 0 Å². The summed E-state index contributed by atoms with van der Waals surface area (Å²) in [5.74, 6) is -0.885. The Bertz CT molecular complexity index is 1500. The third kappa shape index (κ3) is 67.6. The predicted molar refractivity (Wildman–Crippen MR) is 358 cm³/mol. The van der Waals surface area contributed by atoms with Crippen LogP contribution in [0.5, 0.6) is 0 Å². The molecule has 0 aromatic rings. The zero-order chi connectivity index (χ0) is 59.2. The monoisotopic (exact) mass is 1150 g/mol. The van der Waals surface area contributed by atoms with Gasteiger partial charge in [-0.05, 0) is 70.6 Å². The molecule has 0 aliphatic rings. The van der Waals surface area contributed by atoms with Gasteiger partial charge in [-0.25, -0.2) is 0 Å². The van der Waals surface area contributed by atoms with Gasteiger partial charge in [-0.2, -0.15) is 0 Å². The smallest absolute Gasteiger partial charge is 0.306 e. The van der Waals surface area contributed by atoms with Crippen LogP contribution in [0.2, 0.25) is 0 Å². The number of allylic oxidation sites excluding steroid dienone is 12. The number of carbonyl (C=O) groups is 3. The molecule has 0 heterocycles. The summed E-state index contributed by atoms with van der Waals surface area (Å²) in [5, 5.41) is 0. The van der Waals surface area contributed by atoms with E-state index in [2.05, 4.69) is 93.7 Å². The van der Waals surface area contributed by atoms with E-state index in [4.69, 9.17) is 14.2 Å². The highest BCUT2D eigenvalue weighted by molar-refractivity contribution is 5.71. The first kappa shape index (κ1) is 78.8. The van der Waals surface area contributed by atoms with Crippen LogP contribution >= 0.6 is 0 Å². The summed E-state index contributed by atoms with van der Waals surface area (Å²) in [4.78, 5) is 38.4. The van der Waals surface area contributed by atoms with Crippen LogP contribution in [-0.4, -0.2) is 37.2 Å². The van der Waals surface area contributed by atoms with Crippen molar-refractivity contribution in [1.82, 2.24) is 0 Å². The number of rotatable bonds is 66. The fraction of sp³-hybridized carbons (Fsp3) is 0.803. The molecule has 0 rings (SSSR count). The molecule has 1 unspecified atom stereocenters. The third-order valence-electron chi connectivity index (χ3n) is 16.0. The van der Waals surface area contributed by atoms with E-state index in [1.807, 2.05) is 0 Å². The van der Waals surface area contributed by atoms with Crippen molar-refractivity contribution in [3.8, 4) is 0 Å². The summed E-state index contributed by atoms with van der Waals surface area (Å²) in [6.45, 7) is 6.56. The van der Waals surface area contributed by atoms with Gasteiger partial charge in [-0.15, -0.1) is 0 Å². The molecule has 6 nitrogen and oxygen atoms in total. The average Bonchev–Trinajstić information content (AvgIpc) is 3.47.